The third kappa shape index (κ3) is 5.00. The third-order valence-corrected chi connectivity index (χ3v) is 4.66. The molecule has 1 aromatic heterocycles. The summed E-state index contributed by atoms with van der Waals surface area (Å²) in [5.74, 6) is 1.78. The normalized spacial score (nSPS) is 11.4. The highest BCUT2D eigenvalue weighted by Gasteiger charge is 2.35. The Morgan fingerprint density at radius 3 is 2.10 bits per heavy atom. The largest absolute Gasteiger partial charge is 0.487 e. The number of benzene rings is 3. The van der Waals surface area contributed by atoms with Crippen LogP contribution in [0.2, 0.25) is 5.02 Å². The van der Waals surface area contributed by atoms with Crippen molar-refractivity contribution in [3.05, 3.63) is 101 Å². The predicted octanol–water partition coefficient (Wildman–Crippen LogP) is 6.92. The number of halogens is 4. The summed E-state index contributed by atoms with van der Waals surface area (Å²) < 4.78 is 52.2. The van der Waals surface area contributed by atoms with Crippen LogP contribution in [0.25, 0.3) is 5.69 Å². The summed E-state index contributed by atoms with van der Waals surface area (Å²) in [5, 5.41) is 3.97. The van der Waals surface area contributed by atoms with Crippen LogP contribution in [0.1, 0.15) is 11.4 Å². The van der Waals surface area contributed by atoms with Crippen LogP contribution in [0.4, 0.5) is 13.2 Å². The van der Waals surface area contributed by atoms with Gasteiger partial charge in [0.2, 0.25) is 0 Å². The van der Waals surface area contributed by atoms with Gasteiger partial charge in [-0.25, -0.2) is 4.68 Å². The SMILES string of the molecule is FC(F)(F)c1cc(COc2ccc(Oc3ccccc3)cc2)n(-c2ccccc2Cl)n1. The lowest BCUT2D eigenvalue weighted by atomic mass is 10.3. The first-order chi connectivity index (χ1) is 14.9. The van der Waals surface area contributed by atoms with E-state index < -0.39 is 11.9 Å². The highest BCUT2D eigenvalue weighted by Crippen LogP contribution is 2.31. The van der Waals surface area contributed by atoms with Gasteiger partial charge in [-0.05, 0) is 54.6 Å². The van der Waals surface area contributed by atoms with Crippen molar-refractivity contribution in [1.29, 1.82) is 0 Å². The average Bonchev–Trinajstić information content (AvgIpc) is 3.19. The van der Waals surface area contributed by atoms with Gasteiger partial charge in [-0.1, -0.05) is 41.9 Å². The second-order valence-corrected chi connectivity index (χ2v) is 6.96. The predicted molar refractivity (Wildman–Crippen MR) is 111 cm³/mol. The van der Waals surface area contributed by atoms with Gasteiger partial charge in [-0.15, -0.1) is 0 Å². The minimum absolute atomic E-state index is 0.132. The fourth-order valence-corrected chi connectivity index (χ4v) is 3.09. The number of aromatic nitrogens is 2. The summed E-state index contributed by atoms with van der Waals surface area (Å²) in [6.45, 7) is -0.132. The number of alkyl halides is 3. The van der Waals surface area contributed by atoms with Crippen LogP contribution in [0.3, 0.4) is 0 Å². The van der Waals surface area contributed by atoms with Crippen molar-refractivity contribution in [2.45, 2.75) is 12.8 Å². The Hall–Kier alpha value is -3.45. The van der Waals surface area contributed by atoms with Crippen LogP contribution in [0.5, 0.6) is 17.2 Å². The zero-order valence-corrected chi connectivity index (χ0v) is 16.8. The average molecular weight is 445 g/mol. The van der Waals surface area contributed by atoms with E-state index in [1.54, 1.807) is 48.5 Å². The standard InChI is InChI=1S/C23H16ClF3N2O2/c24-20-8-4-5-9-21(20)29-16(14-22(28-29)23(25,26)27)15-30-17-10-12-19(13-11-17)31-18-6-2-1-3-7-18/h1-14H,15H2. The molecule has 0 atom stereocenters. The van der Waals surface area contributed by atoms with E-state index >= 15 is 0 Å². The van der Waals surface area contributed by atoms with Gasteiger partial charge < -0.3 is 9.47 Å². The molecule has 0 aliphatic carbocycles. The summed E-state index contributed by atoms with van der Waals surface area (Å²) >= 11 is 6.16. The molecule has 0 aliphatic rings. The second kappa shape index (κ2) is 8.73. The lowest BCUT2D eigenvalue weighted by molar-refractivity contribution is -0.141. The van der Waals surface area contributed by atoms with E-state index in [1.807, 2.05) is 30.3 Å². The van der Waals surface area contributed by atoms with E-state index in [-0.39, 0.29) is 17.3 Å². The first-order valence-corrected chi connectivity index (χ1v) is 9.65. The van der Waals surface area contributed by atoms with Crippen LogP contribution >= 0.6 is 11.6 Å². The molecular formula is C23H16ClF3N2O2. The molecule has 4 aromatic rings. The van der Waals surface area contributed by atoms with Crippen molar-refractivity contribution >= 4 is 11.6 Å². The van der Waals surface area contributed by atoms with Gasteiger partial charge in [0.15, 0.2) is 5.69 Å². The topological polar surface area (TPSA) is 36.3 Å². The van der Waals surface area contributed by atoms with Gasteiger partial charge in [0.05, 0.1) is 16.4 Å². The number of hydrogen-bond donors (Lipinski definition) is 0. The lowest BCUT2D eigenvalue weighted by Gasteiger charge is -2.11. The molecule has 0 saturated carbocycles. The molecule has 0 aliphatic heterocycles. The van der Waals surface area contributed by atoms with Crippen molar-refractivity contribution in [3.8, 4) is 22.9 Å². The summed E-state index contributed by atoms with van der Waals surface area (Å²) in [6, 6.07) is 23.6. The third-order valence-electron chi connectivity index (χ3n) is 4.34. The van der Waals surface area contributed by atoms with E-state index in [1.165, 1.54) is 0 Å². The maximum atomic E-state index is 13.2. The fourth-order valence-electron chi connectivity index (χ4n) is 2.88. The zero-order chi connectivity index (χ0) is 21.8. The molecule has 4 nitrogen and oxygen atoms in total. The molecule has 0 bridgehead atoms. The minimum Gasteiger partial charge on any atom is -0.487 e. The molecule has 31 heavy (non-hydrogen) atoms. The van der Waals surface area contributed by atoms with E-state index in [4.69, 9.17) is 21.1 Å². The smallest absolute Gasteiger partial charge is 0.435 e. The van der Waals surface area contributed by atoms with E-state index in [9.17, 15) is 13.2 Å². The molecule has 0 spiro atoms. The van der Waals surface area contributed by atoms with Gasteiger partial charge in [-0.3, -0.25) is 0 Å². The maximum Gasteiger partial charge on any atom is 0.435 e. The Bertz CT molecular complexity index is 1160. The number of hydrogen-bond acceptors (Lipinski definition) is 3. The number of para-hydroxylation sites is 2. The molecular weight excluding hydrogens is 429 g/mol. The first kappa shape index (κ1) is 20.8. The van der Waals surface area contributed by atoms with Crippen molar-refractivity contribution in [2.24, 2.45) is 0 Å². The monoisotopic (exact) mass is 444 g/mol. The van der Waals surface area contributed by atoms with Crippen LogP contribution in [-0.2, 0) is 12.8 Å². The minimum atomic E-state index is -4.59. The molecule has 0 saturated heterocycles. The van der Waals surface area contributed by atoms with Crippen LogP contribution in [0.15, 0.2) is 84.9 Å². The maximum absolute atomic E-state index is 13.2. The molecule has 0 N–H and O–H groups in total. The highest BCUT2D eigenvalue weighted by atomic mass is 35.5. The molecule has 158 valence electrons. The Morgan fingerprint density at radius 1 is 0.806 bits per heavy atom. The zero-order valence-electron chi connectivity index (χ0n) is 16.0. The van der Waals surface area contributed by atoms with Gasteiger partial charge in [0.1, 0.15) is 23.9 Å². The van der Waals surface area contributed by atoms with Crippen LogP contribution < -0.4 is 9.47 Å². The van der Waals surface area contributed by atoms with Gasteiger partial charge in [-0.2, -0.15) is 18.3 Å². The molecule has 0 unspecified atom stereocenters. The van der Waals surface area contributed by atoms with Crippen molar-refractivity contribution in [3.63, 3.8) is 0 Å². The Morgan fingerprint density at radius 2 is 1.42 bits per heavy atom. The van der Waals surface area contributed by atoms with Crippen molar-refractivity contribution in [1.82, 2.24) is 9.78 Å². The van der Waals surface area contributed by atoms with E-state index in [2.05, 4.69) is 5.10 Å². The molecule has 3 aromatic carbocycles. The van der Waals surface area contributed by atoms with Crippen LogP contribution in [-0.4, -0.2) is 9.78 Å². The first-order valence-electron chi connectivity index (χ1n) is 9.27. The molecule has 0 radical (unpaired) electrons. The van der Waals surface area contributed by atoms with Crippen molar-refractivity contribution in [2.75, 3.05) is 0 Å². The van der Waals surface area contributed by atoms with Gasteiger partial charge in [0.25, 0.3) is 0 Å². The number of nitrogens with zero attached hydrogens (tertiary/aromatic N) is 2. The summed E-state index contributed by atoms with van der Waals surface area (Å²) in [6.07, 6.45) is -4.59. The van der Waals surface area contributed by atoms with E-state index in [0.717, 1.165) is 10.7 Å². The Balaban J connectivity index is 1.52. The number of rotatable bonds is 6. The quantitative estimate of drug-likeness (QED) is 0.324. The molecule has 0 fully saturated rings. The molecule has 0 amide bonds. The fraction of sp³-hybridized carbons (Fsp3) is 0.0870. The summed E-state index contributed by atoms with van der Waals surface area (Å²) in [7, 11) is 0. The van der Waals surface area contributed by atoms with Crippen LogP contribution in [0, 0.1) is 0 Å². The lowest BCUT2D eigenvalue weighted by Crippen LogP contribution is -2.08. The van der Waals surface area contributed by atoms with E-state index in [0.29, 0.717) is 22.9 Å². The highest BCUT2D eigenvalue weighted by molar-refractivity contribution is 6.32. The van der Waals surface area contributed by atoms with Gasteiger partial charge >= 0.3 is 6.18 Å². The summed E-state index contributed by atoms with van der Waals surface area (Å²) in [4.78, 5) is 0. The molecule has 4 rings (SSSR count). The Kier molecular flexibility index (Phi) is 5.86. The Labute approximate surface area is 181 Å². The summed E-state index contributed by atoms with van der Waals surface area (Å²) in [5.41, 5.74) is -0.465. The van der Waals surface area contributed by atoms with Crippen molar-refractivity contribution < 1.29 is 22.6 Å². The van der Waals surface area contributed by atoms with Gasteiger partial charge in [0, 0.05) is 0 Å². The molecule has 1 heterocycles. The molecule has 8 heteroatoms. The second-order valence-electron chi connectivity index (χ2n) is 6.56. The number of ether oxygens (including phenoxy) is 2.